The number of methoxy groups -OCH3 is 1. The van der Waals surface area contributed by atoms with Crippen LogP contribution >= 0.6 is 0 Å². The third-order valence-corrected chi connectivity index (χ3v) is 3.73. The summed E-state index contributed by atoms with van der Waals surface area (Å²) in [5, 5.41) is 25.9. The van der Waals surface area contributed by atoms with Crippen LogP contribution in [-0.2, 0) is 0 Å². The van der Waals surface area contributed by atoms with Crippen LogP contribution in [0.3, 0.4) is 0 Å². The number of nitrogens with one attached hydrogen (secondary N) is 1. The maximum atomic E-state index is 11.1. The number of hydrogen-bond acceptors (Lipinski definition) is 8. The zero-order chi connectivity index (χ0) is 20.5. The first kappa shape index (κ1) is 20.6. The molecule has 0 aliphatic carbocycles. The number of rotatable bonds is 10. The molecule has 1 N–H and O–H groups in total. The number of benzene rings is 2. The molecule has 0 bridgehead atoms. The van der Waals surface area contributed by atoms with Gasteiger partial charge in [-0.15, -0.1) is 0 Å². The highest BCUT2D eigenvalue weighted by atomic mass is 16.6. The molecule has 0 radical (unpaired) electrons. The Morgan fingerprint density at radius 2 is 1.89 bits per heavy atom. The number of hydrogen-bond donors (Lipinski definition) is 1. The van der Waals surface area contributed by atoms with Crippen molar-refractivity contribution in [3.63, 3.8) is 0 Å². The summed E-state index contributed by atoms with van der Waals surface area (Å²) in [5.41, 5.74) is 2.44. The van der Waals surface area contributed by atoms with Gasteiger partial charge < -0.3 is 9.47 Å². The zero-order valence-corrected chi connectivity index (χ0v) is 15.5. The van der Waals surface area contributed by atoms with Crippen molar-refractivity contribution in [3.8, 4) is 11.5 Å². The van der Waals surface area contributed by atoms with Crippen LogP contribution in [0.25, 0.3) is 0 Å². The summed E-state index contributed by atoms with van der Waals surface area (Å²) in [6, 6.07) is 8.51. The van der Waals surface area contributed by atoms with E-state index in [1.807, 2.05) is 0 Å². The molecular weight excluding hydrogens is 368 g/mol. The van der Waals surface area contributed by atoms with Gasteiger partial charge in [-0.3, -0.25) is 25.7 Å². The lowest BCUT2D eigenvalue weighted by Gasteiger charge is -2.10. The quantitative estimate of drug-likeness (QED) is 0.280. The van der Waals surface area contributed by atoms with Crippen LogP contribution in [0.2, 0.25) is 0 Å². The van der Waals surface area contributed by atoms with E-state index in [1.54, 1.807) is 18.2 Å². The van der Waals surface area contributed by atoms with Gasteiger partial charge in [0.2, 0.25) is 0 Å². The summed E-state index contributed by atoms with van der Waals surface area (Å²) in [4.78, 5) is 20.5. The van der Waals surface area contributed by atoms with Crippen LogP contribution in [0.15, 0.2) is 41.5 Å². The van der Waals surface area contributed by atoms with Crippen LogP contribution < -0.4 is 14.9 Å². The number of nitro groups is 2. The van der Waals surface area contributed by atoms with E-state index < -0.39 is 15.5 Å². The van der Waals surface area contributed by atoms with Crippen LogP contribution in [0.1, 0.15) is 25.3 Å². The first-order valence-electron chi connectivity index (χ1n) is 8.49. The van der Waals surface area contributed by atoms with Crippen molar-refractivity contribution in [1.82, 2.24) is 0 Å². The van der Waals surface area contributed by atoms with Gasteiger partial charge in [-0.1, -0.05) is 13.3 Å². The minimum absolute atomic E-state index is 0.0401. The van der Waals surface area contributed by atoms with E-state index in [0.29, 0.717) is 23.7 Å². The van der Waals surface area contributed by atoms with Crippen LogP contribution in [0.4, 0.5) is 17.1 Å². The Balaban J connectivity index is 2.14. The maximum Gasteiger partial charge on any atom is 0.301 e. The van der Waals surface area contributed by atoms with Gasteiger partial charge in [0, 0.05) is 6.07 Å². The minimum atomic E-state index is -0.712. The van der Waals surface area contributed by atoms with Gasteiger partial charge in [0.15, 0.2) is 11.5 Å². The molecule has 2 aromatic rings. The molecule has 2 rings (SSSR count). The summed E-state index contributed by atoms with van der Waals surface area (Å²) < 4.78 is 11.0. The summed E-state index contributed by atoms with van der Waals surface area (Å²) >= 11 is 0. The van der Waals surface area contributed by atoms with Gasteiger partial charge >= 0.3 is 5.69 Å². The average molecular weight is 388 g/mol. The Labute approximate surface area is 161 Å². The lowest BCUT2D eigenvalue weighted by molar-refractivity contribution is -0.393. The van der Waals surface area contributed by atoms with Crippen molar-refractivity contribution < 1.29 is 19.3 Å². The molecule has 10 nitrogen and oxygen atoms in total. The number of nitro benzene ring substituents is 2. The van der Waals surface area contributed by atoms with E-state index in [9.17, 15) is 20.2 Å². The molecule has 0 atom stereocenters. The lowest BCUT2D eigenvalue weighted by atomic mass is 10.2. The molecule has 0 unspecified atom stereocenters. The topological polar surface area (TPSA) is 129 Å². The van der Waals surface area contributed by atoms with Crippen LogP contribution in [0, 0.1) is 20.2 Å². The Morgan fingerprint density at radius 1 is 1.11 bits per heavy atom. The number of non-ortho nitro benzene ring substituents is 1. The Morgan fingerprint density at radius 3 is 2.54 bits per heavy atom. The predicted octanol–water partition coefficient (Wildman–Crippen LogP) is 4.14. The second kappa shape index (κ2) is 9.86. The summed E-state index contributed by atoms with van der Waals surface area (Å²) in [5.74, 6) is 1.16. The maximum absolute atomic E-state index is 11.1. The molecule has 0 aliphatic heterocycles. The number of anilines is 1. The van der Waals surface area contributed by atoms with E-state index in [0.717, 1.165) is 25.0 Å². The van der Waals surface area contributed by atoms with Gasteiger partial charge in [-0.25, -0.2) is 0 Å². The molecule has 0 saturated carbocycles. The van der Waals surface area contributed by atoms with E-state index in [4.69, 9.17) is 9.47 Å². The molecule has 0 heterocycles. The Hall–Kier alpha value is -3.69. The average Bonchev–Trinajstić information content (AvgIpc) is 2.68. The van der Waals surface area contributed by atoms with E-state index in [2.05, 4.69) is 17.5 Å². The lowest BCUT2D eigenvalue weighted by Crippen LogP contribution is -2.00. The Kier molecular flexibility index (Phi) is 7.26. The van der Waals surface area contributed by atoms with Crippen molar-refractivity contribution in [1.29, 1.82) is 0 Å². The highest BCUT2D eigenvalue weighted by molar-refractivity contribution is 5.82. The van der Waals surface area contributed by atoms with E-state index >= 15 is 0 Å². The number of hydrazone groups is 1. The van der Waals surface area contributed by atoms with Gasteiger partial charge in [0.25, 0.3) is 5.69 Å². The first-order chi connectivity index (χ1) is 13.5. The SMILES string of the molecule is CCCCOc1ccc(/C=N/Nc2ccc([N+](=O)[O-])cc2[N+](=O)[O-])cc1OC. The summed E-state index contributed by atoms with van der Waals surface area (Å²) in [7, 11) is 1.53. The van der Waals surface area contributed by atoms with Crippen molar-refractivity contribution in [2.75, 3.05) is 19.1 Å². The molecular formula is C18H20N4O6. The fraction of sp³-hybridized carbons (Fsp3) is 0.278. The molecule has 0 spiro atoms. The first-order valence-corrected chi connectivity index (χ1v) is 8.49. The molecule has 10 heteroatoms. The second-order valence-electron chi connectivity index (χ2n) is 5.70. The van der Waals surface area contributed by atoms with Crippen molar-refractivity contribution in [3.05, 3.63) is 62.2 Å². The molecule has 28 heavy (non-hydrogen) atoms. The molecule has 0 aromatic heterocycles. The van der Waals surface area contributed by atoms with E-state index in [1.165, 1.54) is 19.4 Å². The molecule has 0 amide bonds. The normalized spacial score (nSPS) is 10.6. The number of nitrogens with zero attached hydrogens (tertiary/aromatic N) is 3. The molecule has 0 fully saturated rings. The third kappa shape index (κ3) is 5.40. The summed E-state index contributed by atoms with van der Waals surface area (Å²) in [6.45, 7) is 2.66. The molecule has 2 aromatic carbocycles. The van der Waals surface area contributed by atoms with Gasteiger partial charge in [0.1, 0.15) is 5.69 Å². The van der Waals surface area contributed by atoms with E-state index in [-0.39, 0.29) is 11.4 Å². The third-order valence-electron chi connectivity index (χ3n) is 3.73. The van der Waals surface area contributed by atoms with Crippen LogP contribution in [0.5, 0.6) is 11.5 Å². The van der Waals surface area contributed by atoms with Crippen molar-refractivity contribution in [2.45, 2.75) is 19.8 Å². The minimum Gasteiger partial charge on any atom is -0.493 e. The van der Waals surface area contributed by atoms with Gasteiger partial charge in [0.05, 0.1) is 35.8 Å². The fourth-order valence-electron chi connectivity index (χ4n) is 2.27. The van der Waals surface area contributed by atoms with Gasteiger partial charge in [-0.2, -0.15) is 5.10 Å². The monoisotopic (exact) mass is 388 g/mol. The predicted molar refractivity (Wildman–Crippen MR) is 104 cm³/mol. The highest BCUT2D eigenvalue weighted by Crippen LogP contribution is 2.29. The Bertz CT molecular complexity index is 884. The van der Waals surface area contributed by atoms with Crippen molar-refractivity contribution >= 4 is 23.3 Å². The van der Waals surface area contributed by atoms with Crippen molar-refractivity contribution in [2.24, 2.45) is 5.10 Å². The zero-order valence-electron chi connectivity index (χ0n) is 15.5. The molecule has 0 saturated heterocycles. The molecule has 148 valence electrons. The smallest absolute Gasteiger partial charge is 0.301 e. The summed E-state index contributed by atoms with van der Waals surface area (Å²) in [6.07, 6.45) is 3.40. The second-order valence-corrected chi connectivity index (χ2v) is 5.70. The molecule has 0 aliphatic rings. The number of unbranched alkanes of at least 4 members (excludes halogenated alkanes) is 1. The highest BCUT2D eigenvalue weighted by Gasteiger charge is 2.19. The fourth-order valence-corrected chi connectivity index (χ4v) is 2.27. The standard InChI is InChI=1S/C18H20N4O6/c1-3-4-9-28-17-8-5-13(10-18(17)27-2)12-19-20-15-7-6-14(21(23)24)11-16(15)22(25)26/h5-8,10-12,20H,3-4,9H2,1-2H3/b19-12+. The largest absolute Gasteiger partial charge is 0.493 e. The van der Waals surface area contributed by atoms with Crippen LogP contribution in [-0.4, -0.2) is 29.8 Å². The van der Waals surface area contributed by atoms with Gasteiger partial charge in [-0.05, 0) is 36.2 Å². The number of ether oxygens (including phenoxy) is 2.